The Morgan fingerprint density at radius 3 is 3.00 bits per heavy atom. The quantitative estimate of drug-likeness (QED) is 0.872. The average Bonchev–Trinajstić information content (AvgIpc) is 2.71. The Hall–Kier alpha value is -0.450. The maximum absolute atomic E-state index is 4.85. The summed E-state index contributed by atoms with van der Waals surface area (Å²) in [6.07, 6.45) is 4.87. The minimum absolute atomic E-state index is 0.508. The van der Waals surface area contributed by atoms with E-state index in [0.29, 0.717) is 6.04 Å². The number of nitrogens with zero attached hydrogens (tertiary/aromatic N) is 2. The summed E-state index contributed by atoms with van der Waals surface area (Å²) in [5.41, 5.74) is 1.34. The van der Waals surface area contributed by atoms with Crippen molar-refractivity contribution in [2.45, 2.75) is 38.6 Å². The van der Waals surface area contributed by atoms with Crippen LogP contribution < -0.4 is 5.32 Å². The molecule has 1 aromatic heterocycles. The SMILES string of the molecule is CCNC1CCCc2sc(CCN(C)C)nc21. The Kier molecular flexibility index (Phi) is 4.54. The minimum atomic E-state index is 0.508. The van der Waals surface area contributed by atoms with Gasteiger partial charge in [0.05, 0.1) is 16.7 Å². The molecule has 0 amide bonds. The van der Waals surface area contributed by atoms with Crippen LogP contribution in [0, 0.1) is 0 Å². The molecular formula is C13H23N3S. The second kappa shape index (κ2) is 5.94. The average molecular weight is 253 g/mol. The van der Waals surface area contributed by atoms with E-state index >= 15 is 0 Å². The number of aromatic nitrogens is 1. The number of likely N-dealkylation sites (N-methyl/N-ethyl adjacent to an activating group) is 1. The van der Waals surface area contributed by atoms with Gasteiger partial charge in [-0.1, -0.05) is 6.92 Å². The summed E-state index contributed by atoms with van der Waals surface area (Å²) >= 11 is 1.93. The molecule has 0 bridgehead atoms. The van der Waals surface area contributed by atoms with E-state index < -0.39 is 0 Å². The van der Waals surface area contributed by atoms with Crippen molar-refractivity contribution < 1.29 is 0 Å². The van der Waals surface area contributed by atoms with E-state index in [4.69, 9.17) is 4.98 Å². The van der Waals surface area contributed by atoms with Crippen molar-refractivity contribution in [1.29, 1.82) is 0 Å². The molecule has 0 fully saturated rings. The Morgan fingerprint density at radius 1 is 1.47 bits per heavy atom. The molecule has 0 aliphatic heterocycles. The molecule has 1 atom stereocenters. The highest BCUT2D eigenvalue weighted by molar-refractivity contribution is 7.11. The van der Waals surface area contributed by atoms with E-state index in [9.17, 15) is 0 Å². The van der Waals surface area contributed by atoms with Gasteiger partial charge in [-0.3, -0.25) is 0 Å². The fraction of sp³-hybridized carbons (Fsp3) is 0.769. The predicted molar refractivity (Wildman–Crippen MR) is 73.7 cm³/mol. The first-order valence-electron chi connectivity index (χ1n) is 6.57. The molecule has 1 aliphatic carbocycles. The van der Waals surface area contributed by atoms with Gasteiger partial charge in [0.2, 0.25) is 0 Å². The molecule has 1 unspecified atom stereocenters. The highest BCUT2D eigenvalue weighted by Crippen LogP contribution is 2.33. The van der Waals surface area contributed by atoms with Crippen molar-refractivity contribution in [1.82, 2.24) is 15.2 Å². The maximum atomic E-state index is 4.85. The summed E-state index contributed by atoms with van der Waals surface area (Å²) in [5.74, 6) is 0. The third-order valence-electron chi connectivity index (χ3n) is 3.22. The number of nitrogens with one attached hydrogen (secondary N) is 1. The Labute approximate surface area is 108 Å². The molecule has 0 saturated heterocycles. The van der Waals surface area contributed by atoms with Crippen LogP contribution in [-0.2, 0) is 12.8 Å². The van der Waals surface area contributed by atoms with Crippen LogP contribution in [0.4, 0.5) is 0 Å². The van der Waals surface area contributed by atoms with E-state index in [-0.39, 0.29) is 0 Å². The van der Waals surface area contributed by atoms with Gasteiger partial charge in [0.1, 0.15) is 0 Å². The third kappa shape index (κ3) is 3.27. The van der Waals surface area contributed by atoms with Crippen LogP contribution in [0.3, 0.4) is 0 Å². The lowest BCUT2D eigenvalue weighted by atomic mass is 9.98. The first-order valence-corrected chi connectivity index (χ1v) is 7.39. The monoisotopic (exact) mass is 253 g/mol. The van der Waals surface area contributed by atoms with Crippen molar-refractivity contribution in [3.63, 3.8) is 0 Å². The zero-order chi connectivity index (χ0) is 12.3. The van der Waals surface area contributed by atoms with Crippen LogP contribution in [-0.4, -0.2) is 37.1 Å². The van der Waals surface area contributed by atoms with Crippen LogP contribution in [0.5, 0.6) is 0 Å². The van der Waals surface area contributed by atoms with Crippen LogP contribution in [0.1, 0.15) is 41.4 Å². The Bertz CT molecular complexity index is 360. The van der Waals surface area contributed by atoms with Crippen molar-refractivity contribution in [2.75, 3.05) is 27.2 Å². The molecule has 1 heterocycles. The maximum Gasteiger partial charge on any atom is 0.0944 e. The molecule has 0 aromatic carbocycles. The summed E-state index contributed by atoms with van der Waals surface area (Å²) < 4.78 is 0. The zero-order valence-corrected chi connectivity index (χ0v) is 11.9. The van der Waals surface area contributed by atoms with Gasteiger partial charge in [0.25, 0.3) is 0 Å². The normalized spacial score (nSPS) is 19.6. The van der Waals surface area contributed by atoms with Gasteiger partial charge in [-0.2, -0.15) is 0 Å². The fourth-order valence-electron chi connectivity index (χ4n) is 2.34. The Balaban J connectivity index is 2.07. The van der Waals surface area contributed by atoms with Gasteiger partial charge >= 0.3 is 0 Å². The summed E-state index contributed by atoms with van der Waals surface area (Å²) in [4.78, 5) is 8.60. The Morgan fingerprint density at radius 2 is 2.29 bits per heavy atom. The van der Waals surface area contributed by atoms with E-state index in [1.54, 1.807) is 0 Å². The highest BCUT2D eigenvalue weighted by Gasteiger charge is 2.23. The third-order valence-corrected chi connectivity index (χ3v) is 4.41. The van der Waals surface area contributed by atoms with Crippen LogP contribution >= 0.6 is 11.3 Å². The first-order chi connectivity index (χ1) is 8.20. The molecule has 0 radical (unpaired) electrons. The molecule has 3 nitrogen and oxygen atoms in total. The minimum Gasteiger partial charge on any atom is -0.309 e. The highest BCUT2D eigenvalue weighted by atomic mass is 32.1. The van der Waals surface area contributed by atoms with Crippen LogP contribution in [0.2, 0.25) is 0 Å². The van der Waals surface area contributed by atoms with Gasteiger partial charge in [-0.05, 0) is 39.9 Å². The molecular weight excluding hydrogens is 230 g/mol. The summed E-state index contributed by atoms with van der Waals surface area (Å²) in [6, 6.07) is 0.508. The van der Waals surface area contributed by atoms with Gasteiger partial charge in [-0.15, -0.1) is 11.3 Å². The molecule has 1 aliphatic rings. The molecule has 0 saturated carbocycles. The summed E-state index contributed by atoms with van der Waals surface area (Å²) in [7, 11) is 4.24. The van der Waals surface area contributed by atoms with E-state index in [2.05, 4.69) is 31.2 Å². The topological polar surface area (TPSA) is 28.2 Å². The lowest BCUT2D eigenvalue weighted by Crippen LogP contribution is -2.24. The molecule has 2 rings (SSSR count). The van der Waals surface area contributed by atoms with Crippen molar-refractivity contribution in [2.24, 2.45) is 0 Å². The second-order valence-corrected chi connectivity index (χ2v) is 6.14. The van der Waals surface area contributed by atoms with Crippen molar-refractivity contribution in [3.8, 4) is 0 Å². The second-order valence-electron chi connectivity index (χ2n) is 4.97. The number of hydrogen-bond acceptors (Lipinski definition) is 4. The van der Waals surface area contributed by atoms with Gasteiger partial charge < -0.3 is 10.2 Å². The largest absolute Gasteiger partial charge is 0.309 e. The molecule has 1 aromatic rings. The van der Waals surface area contributed by atoms with Gasteiger partial charge in [0, 0.05) is 17.8 Å². The molecule has 4 heteroatoms. The number of fused-ring (bicyclic) bond motifs is 1. The lowest BCUT2D eigenvalue weighted by molar-refractivity contribution is 0.412. The number of aryl methyl sites for hydroxylation is 1. The molecule has 1 N–H and O–H groups in total. The molecule has 0 spiro atoms. The van der Waals surface area contributed by atoms with Crippen LogP contribution in [0.25, 0.3) is 0 Å². The van der Waals surface area contributed by atoms with Crippen molar-refractivity contribution >= 4 is 11.3 Å². The summed E-state index contributed by atoms with van der Waals surface area (Å²) in [5, 5.41) is 4.87. The summed E-state index contributed by atoms with van der Waals surface area (Å²) in [6.45, 7) is 4.31. The fourth-order valence-corrected chi connectivity index (χ4v) is 3.50. The van der Waals surface area contributed by atoms with E-state index in [1.807, 2.05) is 11.3 Å². The standard InChI is InChI=1S/C13H23N3S/c1-4-14-10-6-5-7-11-13(10)15-12(17-11)8-9-16(2)3/h10,14H,4-9H2,1-3H3. The van der Waals surface area contributed by atoms with Gasteiger partial charge in [0.15, 0.2) is 0 Å². The zero-order valence-electron chi connectivity index (χ0n) is 11.1. The van der Waals surface area contributed by atoms with E-state index in [1.165, 1.54) is 34.8 Å². The molecule has 17 heavy (non-hydrogen) atoms. The lowest BCUT2D eigenvalue weighted by Gasteiger charge is -2.21. The number of hydrogen-bond donors (Lipinski definition) is 1. The first kappa shape index (κ1) is 13.0. The van der Waals surface area contributed by atoms with Crippen molar-refractivity contribution in [3.05, 3.63) is 15.6 Å². The number of thiazole rings is 1. The smallest absolute Gasteiger partial charge is 0.0944 e. The van der Waals surface area contributed by atoms with Crippen LogP contribution in [0.15, 0.2) is 0 Å². The van der Waals surface area contributed by atoms with E-state index in [0.717, 1.165) is 19.5 Å². The predicted octanol–water partition coefficient (Wildman–Crippen LogP) is 2.23. The molecule has 96 valence electrons. The van der Waals surface area contributed by atoms with Gasteiger partial charge in [-0.25, -0.2) is 4.98 Å². The number of rotatable bonds is 5.